The minimum Gasteiger partial charge on any atom is -0.469 e. The maximum atomic E-state index is 11.2. The van der Waals surface area contributed by atoms with E-state index < -0.39 is 18.2 Å². The maximum absolute atomic E-state index is 11.2. The van der Waals surface area contributed by atoms with Crippen molar-refractivity contribution >= 4 is 29.3 Å². The van der Waals surface area contributed by atoms with E-state index in [4.69, 9.17) is 10.2 Å². The molecule has 0 unspecified atom stereocenters. The van der Waals surface area contributed by atoms with E-state index in [1.807, 2.05) is 62.3 Å². The van der Waals surface area contributed by atoms with Gasteiger partial charge in [-0.3, -0.25) is 24.0 Å². The summed E-state index contributed by atoms with van der Waals surface area (Å²) in [5.41, 5.74) is 0.983. The van der Waals surface area contributed by atoms with Crippen LogP contribution in [0.2, 0.25) is 0 Å². The topological polar surface area (TPSA) is 192 Å². The molecule has 0 amide bonds. The van der Waals surface area contributed by atoms with E-state index in [1.165, 1.54) is 35.0 Å². The Balaban J connectivity index is -0.0000000319. The number of aliphatic hydroxyl groups is 2. The van der Waals surface area contributed by atoms with Gasteiger partial charge in [-0.05, 0) is 41.0 Å². The molecule has 0 aliphatic heterocycles. The van der Waals surface area contributed by atoms with E-state index in [-0.39, 0.29) is 363 Å². The fraction of sp³-hybridized carbons (Fsp3) is 0.816. The Kier molecular flexibility index (Phi) is 124. The van der Waals surface area contributed by atoms with Gasteiger partial charge in [-0.25, -0.2) is 0 Å². The molecule has 0 aromatic rings. The van der Waals surface area contributed by atoms with Crippen molar-refractivity contribution in [3.8, 4) is 0 Å². The zero-order valence-electron chi connectivity index (χ0n) is 37.1. The van der Waals surface area contributed by atoms with Gasteiger partial charge in [0.25, 0.3) is 0 Å². The molecule has 0 saturated heterocycles. The molecule has 0 aromatic heterocycles. The predicted octanol–water partition coefficient (Wildman–Crippen LogP) is 4.53. The predicted molar refractivity (Wildman–Crippen MR) is 212 cm³/mol. The summed E-state index contributed by atoms with van der Waals surface area (Å²) in [6.07, 6.45) is 0.264. The second-order valence-corrected chi connectivity index (χ2v) is 12.9. The number of Topliss-reactive ketones (excluding diaryl/α,β-unsaturated/α-hetero) is 3. The summed E-state index contributed by atoms with van der Waals surface area (Å²) in [4.78, 5) is 54.9. The number of hydrogen-bond donors (Lipinski definition) is 6. The average molecular weight is 1450 g/mol. The average Bonchev–Trinajstić information content (AvgIpc) is 2.95. The van der Waals surface area contributed by atoms with Crippen molar-refractivity contribution in [2.45, 2.75) is 186 Å². The second kappa shape index (κ2) is 68.5. The van der Waals surface area contributed by atoms with E-state index in [0.29, 0.717) is 12.5 Å². The fourth-order valence-electron chi connectivity index (χ4n) is 3.85. The number of nitrogens with one attached hydrogen (secondary N) is 4. The largest absolute Gasteiger partial charge is 0.469 e. The van der Waals surface area contributed by atoms with Gasteiger partial charge in [0.1, 0.15) is 17.3 Å². The van der Waals surface area contributed by atoms with Gasteiger partial charge in [0.15, 0.2) is 0 Å². The zero-order chi connectivity index (χ0) is 38.7. The minimum atomic E-state index is -0.616. The van der Waals surface area contributed by atoms with E-state index in [0.717, 1.165) is 5.57 Å². The first-order valence-electron chi connectivity index (χ1n) is 16.6. The molecule has 0 spiro atoms. The Morgan fingerprint density at radius 1 is 0.525 bits per heavy atom. The van der Waals surface area contributed by atoms with E-state index in [1.54, 1.807) is 6.92 Å². The number of methoxy groups -OCH3 is 2. The van der Waals surface area contributed by atoms with Crippen molar-refractivity contribution in [2.24, 2.45) is 0 Å². The molecule has 13 nitrogen and oxygen atoms in total. The van der Waals surface area contributed by atoms with Crippen molar-refractivity contribution < 1.29 is 305 Å². The van der Waals surface area contributed by atoms with Gasteiger partial charge < -0.3 is 41.0 Å². The van der Waals surface area contributed by atoms with Crippen LogP contribution in [0.3, 0.4) is 0 Å². The van der Waals surface area contributed by atoms with Gasteiger partial charge in [-0.1, -0.05) is 89.8 Å². The van der Waals surface area contributed by atoms with E-state index in [2.05, 4.69) is 37.3 Å². The monoisotopic (exact) mass is 1450 g/mol. The normalized spacial score (nSPS) is 11.2. The first-order chi connectivity index (χ1) is 22.0. The van der Waals surface area contributed by atoms with Gasteiger partial charge in [-0.2, -0.15) is 0 Å². The van der Waals surface area contributed by atoms with Crippen LogP contribution in [0.25, 0.3) is 0 Å². The number of ether oxygens (including phenoxy) is 2. The summed E-state index contributed by atoms with van der Waals surface area (Å²) in [6.45, 7) is 27.6. The van der Waals surface area contributed by atoms with Gasteiger partial charge in [0.05, 0.1) is 57.5 Å². The van der Waals surface area contributed by atoms with Crippen LogP contribution in [-0.4, -0.2) is 115 Å². The Bertz CT molecular complexity index is 957. The van der Waals surface area contributed by atoms with Crippen molar-refractivity contribution in [1.29, 1.82) is 0 Å². The molecule has 0 rings (SSSR count). The molecular weight excluding hydrogens is 1370 g/mol. The van der Waals surface area contributed by atoms with Crippen LogP contribution in [-0.2, 0) is 295 Å². The van der Waals surface area contributed by atoms with Crippen LogP contribution in [0.15, 0.2) is 12.2 Å². The van der Waals surface area contributed by atoms with Crippen molar-refractivity contribution in [3.63, 3.8) is 0 Å². The van der Waals surface area contributed by atoms with Crippen LogP contribution in [0, 0.1) is 0 Å². The molecule has 59 heavy (non-hydrogen) atoms. The third-order valence-electron chi connectivity index (χ3n) is 6.26. The molecule has 0 aliphatic rings. The third-order valence-corrected chi connectivity index (χ3v) is 6.26. The van der Waals surface area contributed by atoms with Crippen LogP contribution < -0.4 is 21.3 Å². The minimum absolute atomic E-state index is 0. The summed E-state index contributed by atoms with van der Waals surface area (Å²) in [5.74, 6) is -0.648. The van der Waals surface area contributed by atoms with E-state index in [9.17, 15) is 24.0 Å². The molecule has 6 N–H and O–H groups in total. The summed E-state index contributed by atoms with van der Waals surface area (Å²) in [5, 5.41) is 30.2. The smallest absolute Gasteiger partial charge is 0.307 e. The standard InChI is InChI=1S/C10H19NO3.C9H17NO3.C8H17NO2.C8H17NO.3CH4.8Y/c1-7(2)11-9(8(3)12)5-6-10(13)14-4;1-6(2)10-8(7(3)11)5-9(12)13-4;1-5(2)9-8(6(3)10)7(4)11;1-6(2)8(5-10)9-7(3)4;;;;;;;;;;;/h7,9,11H,5-6H2,1-4H3;6,8,10H,5H2,1-4H3;5-6,8-10H,1-4H3;7-10H,1,5H2,2-4H3;3*1H4;;;;;;;;/t9-;8-;6-,8+;8-;;;;;;;;;;;/m0010.........../s1. The molecule has 0 heterocycles. The number of aliphatic hydroxyl groups excluding tert-OH is 2. The number of carbonyl (C=O) groups is 5. The van der Waals surface area contributed by atoms with Crippen LogP contribution in [0.4, 0.5) is 0 Å². The fourth-order valence-corrected chi connectivity index (χ4v) is 3.85. The Morgan fingerprint density at radius 3 is 1.02 bits per heavy atom. The number of hydrogen-bond acceptors (Lipinski definition) is 13. The summed E-state index contributed by atoms with van der Waals surface area (Å²) < 4.78 is 8.99. The first kappa shape index (κ1) is 107. The third kappa shape index (κ3) is 76.0. The molecular formula is C38H82N4O9Y8. The molecule has 5 atom stereocenters. The SMILES string of the molecule is C.C.C.C=C(C)[C@H](CO)NC(C)C.CC(=O)[C@@H](NC(C)C)[C@@H](C)O.COC(=O)CC[C@H](NC(C)C)C(C)=O.COC(=O)C[C@H](NC(C)C)C(C)=O.[Y].[Y].[Y].[Y].[Y].[Y].[Y].[Y]. The second-order valence-electron chi connectivity index (χ2n) is 12.9. The van der Waals surface area contributed by atoms with Crippen LogP contribution in [0.1, 0.15) is 132 Å². The summed E-state index contributed by atoms with van der Waals surface area (Å²) in [7, 11) is 2.66. The van der Waals surface area contributed by atoms with Crippen molar-refractivity contribution in [2.75, 3.05) is 20.8 Å². The molecule has 332 valence electrons. The Hall–Kier alpha value is 6.28. The van der Waals surface area contributed by atoms with Crippen LogP contribution in [0.5, 0.6) is 0 Å². The molecule has 8 radical (unpaired) electrons. The maximum Gasteiger partial charge on any atom is 0.307 e. The van der Waals surface area contributed by atoms with Gasteiger partial charge in [-0.15, -0.1) is 0 Å². The van der Waals surface area contributed by atoms with Gasteiger partial charge in [0.2, 0.25) is 0 Å². The molecule has 0 saturated carbocycles. The quantitative estimate of drug-likeness (QED) is 0.0782. The zero-order valence-corrected chi connectivity index (χ0v) is 59.8. The number of carbonyl (C=O) groups excluding carboxylic acids is 5. The molecule has 0 aliphatic carbocycles. The number of rotatable bonds is 19. The van der Waals surface area contributed by atoms with Crippen molar-refractivity contribution in [3.05, 3.63) is 12.2 Å². The summed E-state index contributed by atoms with van der Waals surface area (Å²) >= 11 is 0. The molecule has 21 heteroatoms. The summed E-state index contributed by atoms with van der Waals surface area (Å²) in [6, 6.07) is 0.00371. The molecule has 0 fully saturated rings. The Labute approximate surface area is 563 Å². The number of esters is 2. The van der Waals surface area contributed by atoms with Crippen LogP contribution >= 0.6 is 0 Å². The number of ketones is 3. The van der Waals surface area contributed by atoms with Crippen molar-refractivity contribution in [1.82, 2.24) is 21.3 Å². The molecule has 0 aromatic carbocycles. The van der Waals surface area contributed by atoms with Gasteiger partial charge >= 0.3 is 11.9 Å². The first-order valence-corrected chi connectivity index (χ1v) is 16.6. The van der Waals surface area contributed by atoms with E-state index >= 15 is 0 Å². The Morgan fingerprint density at radius 2 is 0.831 bits per heavy atom. The molecule has 0 bridgehead atoms. The van der Waals surface area contributed by atoms with Gasteiger partial charge in [0, 0.05) is 292 Å².